The van der Waals surface area contributed by atoms with Gasteiger partial charge in [-0.15, -0.1) is 0 Å². The summed E-state index contributed by atoms with van der Waals surface area (Å²) in [7, 11) is 0. The third kappa shape index (κ3) is 4.61. The van der Waals surface area contributed by atoms with Gasteiger partial charge in [-0.2, -0.15) is 13.2 Å². The van der Waals surface area contributed by atoms with Gasteiger partial charge in [-0.25, -0.2) is 0 Å². The molecule has 1 heterocycles. The summed E-state index contributed by atoms with van der Waals surface area (Å²) in [4.78, 5) is 12.2. The van der Waals surface area contributed by atoms with Gasteiger partial charge in [0.05, 0.1) is 16.3 Å². The first kappa shape index (κ1) is 20.1. The molecule has 0 saturated heterocycles. The number of alkyl halides is 3. The van der Waals surface area contributed by atoms with E-state index in [0.717, 1.165) is 12.1 Å². The van der Waals surface area contributed by atoms with Gasteiger partial charge in [-0.1, -0.05) is 41.4 Å². The highest BCUT2D eigenvalue weighted by Gasteiger charge is 2.33. The summed E-state index contributed by atoms with van der Waals surface area (Å²) in [6, 6.07) is 12.3. The Kier molecular flexibility index (Phi) is 5.86. The highest BCUT2D eigenvalue weighted by atomic mass is 35.5. The molecule has 1 N–H and O–H groups in total. The zero-order valence-electron chi connectivity index (χ0n) is 14.0. The molecule has 0 radical (unpaired) electrons. The van der Waals surface area contributed by atoms with Gasteiger partial charge in [-0.3, -0.25) is 4.79 Å². The molecule has 0 bridgehead atoms. The lowest BCUT2D eigenvalue weighted by Gasteiger charge is -2.12. The molecule has 3 rings (SSSR count). The van der Waals surface area contributed by atoms with Crippen LogP contribution >= 0.6 is 23.2 Å². The molecule has 1 amide bonds. The van der Waals surface area contributed by atoms with Crippen LogP contribution in [-0.4, -0.2) is 5.91 Å². The highest BCUT2D eigenvalue weighted by Crippen LogP contribution is 2.35. The van der Waals surface area contributed by atoms with E-state index in [9.17, 15) is 18.0 Å². The molecular formula is C19H12Cl2F3NO3. The maximum Gasteiger partial charge on any atom is 0.418 e. The van der Waals surface area contributed by atoms with E-state index in [2.05, 4.69) is 5.32 Å². The van der Waals surface area contributed by atoms with Crippen LogP contribution in [0.1, 0.15) is 21.9 Å². The molecule has 146 valence electrons. The predicted molar refractivity (Wildman–Crippen MR) is 98.9 cm³/mol. The molecule has 0 saturated carbocycles. The number of benzene rings is 2. The van der Waals surface area contributed by atoms with Crippen molar-refractivity contribution >= 4 is 34.8 Å². The van der Waals surface area contributed by atoms with Crippen LogP contribution in [-0.2, 0) is 12.8 Å². The zero-order valence-corrected chi connectivity index (χ0v) is 15.5. The molecule has 0 aliphatic carbocycles. The number of carbonyl (C=O) groups excluding carboxylic acids is 1. The second kappa shape index (κ2) is 8.16. The van der Waals surface area contributed by atoms with Gasteiger partial charge in [0.15, 0.2) is 5.76 Å². The molecule has 0 aliphatic rings. The van der Waals surface area contributed by atoms with Gasteiger partial charge in [0.2, 0.25) is 0 Å². The largest absolute Gasteiger partial charge is 0.484 e. The van der Waals surface area contributed by atoms with Crippen molar-refractivity contribution in [1.82, 2.24) is 0 Å². The van der Waals surface area contributed by atoms with Crippen molar-refractivity contribution in [2.45, 2.75) is 12.8 Å². The van der Waals surface area contributed by atoms with E-state index in [1.807, 2.05) is 0 Å². The molecular weight excluding hydrogens is 418 g/mol. The van der Waals surface area contributed by atoms with Crippen LogP contribution in [0.5, 0.6) is 5.75 Å². The number of rotatable bonds is 5. The van der Waals surface area contributed by atoms with Crippen LogP contribution < -0.4 is 10.1 Å². The predicted octanol–water partition coefficient (Wildman–Crippen LogP) is 6.44. The first-order valence-electron chi connectivity index (χ1n) is 7.89. The third-order valence-electron chi connectivity index (χ3n) is 3.65. The second-order valence-corrected chi connectivity index (χ2v) is 6.39. The lowest BCUT2D eigenvalue weighted by atomic mass is 10.1. The van der Waals surface area contributed by atoms with E-state index in [0.29, 0.717) is 10.8 Å². The summed E-state index contributed by atoms with van der Waals surface area (Å²) in [5.74, 6) is -0.363. The van der Waals surface area contributed by atoms with Crippen molar-refractivity contribution < 1.29 is 27.1 Å². The minimum absolute atomic E-state index is 0.0491. The number of amides is 1. The number of halogens is 5. The van der Waals surface area contributed by atoms with Crippen LogP contribution in [0.25, 0.3) is 0 Å². The summed E-state index contributed by atoms with van der Waals surface area (Å²) >= 11 is 11.9. The van der Waals surface area contributed by atoms with Crippen molar-refractivity contribution in [3.05, 3.63) is 81.7 Å². The Morgan fingerprint density at radius 3 is 2.54 bits per heavy atom. The van der Waals surface area contributed by atoms with Gasteiger partial charge in [0.1, 0.15) is 23.1 Å². The fourth-order valence-corrected chi connectivity index (χ4v) is 2.69. The molecule has 9 heteroatoms. The fourth-order valence-electron chi connectivity index (χ4n) is 2.35. The summed E-state index contributed by atoms with van der Waals surface area (Å²) in [6.07, 6.45) is -4.59. The van der Waals surface area contributed by atoms with Crippen molar-refractivity contribution in [2.75, 3.05) is 5.32 Å². The number of ether oxygens (including phenoxy) is 1. The number of carbonyl (C=O) groups is 1. The lowest BCUT2D eigenvalue weighted by molar-refractivity contribution is -0.136. The van der Waals surface area contributed by atoms with E-state index in [4.69, 9.17) is 32.4 Å². The summed E-state index contributed by atoms with van der Waals surface area (Å²) in [5.41, 5.74) is -1.31. The van der Waals surface area contributed by atoms with E-state index in [1.165, 1.54) is 24.3 Å². The molecule has 0 atom stereocenters. The number of anilines is 1. The molecule has 0 unspecified atom stereocenters. The average molecular weight is 430 g/mol. The monoisotopic (exact) mass is 429 g/mol. The number of furan rings is 1. The Hall–Kier alpha value is -2.64. The van der Waals surface area contributed by atoms with Crippen LogP contribution in [0.4, 0.5) is 18.9 Å². The van der Waals surface area contributed by atoms with Crippen LogP contribution in [0.2, 0.25) is 10.0 Å². The lowest BCUT2D eigenvalue weighted by Crippen LogP contribution is -2.16. The second-order valence-electron chi connectivity index (χ2n) is 5.60. The summed E-state index contributed by atoms with van der Waals surface area (Å²) in [5, 5.41) is 2.76. The van der Waals surface area contributed by atoms with Crippen LogP contribution in [0.15, 0.2) is 59.0 Å². The minimum Gasteiger partial charge on any atom is -0.484 e. The van der Waals surface area contributed by atoms with E-state index in [1.54, 1.807) is 18.2 Å². The normalized spacial score (nSPS) is 11.3. The SMILES string of the molecule is O=C(Nc1ccccc1C(F)(F)F)c1ccc(COc2cccc(Cl)c2Cl)o1. The summed E-state index contributed by atoms with van der Waals surface area (Å²) in [6.45, 7) is -0.0491. The third-order valence-corrected chi connectivity index (χ3v) is 4.45. The Balaban J connectivity index is 1.69. The molecule has 3 aromatic rings. The molecule has 4 nitrogen and oxygen atoms in total. The molecule has 0 spiro atoms. The van der Waals surface area contributed by atoms with Crippen molar-refractivity contribution in [3.8, 4) is 5.75 Å². The summed E-state index contributed by atoms with van der Waals surface area (Å²) < 4.78 is 49.9. The van der Waals surface area contributed by atoms with Gasteiger partial charge >= 0.3 is 6.18 Å². The molecule has 1 aromatic heterocycles. The van der Waals surface area contributed by atoms with E-state index in [-0.39, 0.29) is 28.8 Å². The minimum atomic E-state index is -4.59. The van der Waals surface area contributed by atoms with Gasteiger partial charge in [0, 0.05) is 0 Å². The number of hydrogen-bond acceptors (Lipinski definition) is 3. The average Bonchev–Trinajstić information content (AvgIpc) is 3.12. The van der Waals surface area contributed by atoms with E-state index >= 15 is 0 Å². The molecule has 2 aromatic carbocycles. The number of nitrogens with one attached hydrogen (secondary N) is 1. The fraction of sp³-hybridized carbons (Fsp3) is 0.105. The Labute approximate surface area is 167 Å². The smallest absolute Gasteiger partial charge is 0.418 e. The number of para-hydroxylation sites is 1. The first-order chi connectivity index (χ1) is 13.3. The number of hydrogen-bond donors (Lipinski definition) is 1. The van der Waals surface area contributed by atoms with Crippen molar-refractivity contribution in [1.29, 1.82) is 0 Å². The van der Waals surface area contributed by atoms with Gasteiger partial charge in [0.25, 0.3) is 5.91 Å². The maximum absolute atomic E-state index is 13.0. The van der Waals surface area contributed by atoms with Gasteiger partial charge < -0.3 is 14.5 Å². The quantitative estimate of drug-likeness (QED) is 0.507. The van der Waals surface area contributed by atoms with E-state index < -0.39 is 17.6 Å². The maximum atomic E-state index is 13.0. The Morgan fingerprint density at radius 1 is 1.04 bits per heavy atom. The highest BCUT2D eigenvalue weighted by molar-refractivity contribution is 6.42. The molecule has 0 aliphatic heterocycles. The topological polar surface area (TPSA) is 51.5 Å². The zero-order chi connectivity index (χ0) is 20.3. The van der Waals surface area contributed by atoms with Crippen LogP contribution in [0.3, 0.4) is 0 Å². The van der Waals surface area contributed by atoms with Gasteiger partial charge in [-0.05, 0) is 36.4 Å². The van der Waals surface area contributed by atoms with Crippen molar-refractivity contribution in [3.63, 3.8) is 0 Å². The van der Waals surface area contributed by atoms with Crippen LogP contribution in [0, 0.1) is 0 Å². The molecule has 0 fully saturated rings. The van der Waals surface area contributed by atoms with Crippen molar-refractivity contribution in [2.24, 2.45) is 0 Å². The Bertz CT molecular complexity index is 1000. The standard InChI is InChI=1S/C19H12Cl2F3NO3/c20-13-5-3-7-15(17(13)21)27-10-11-8-9-16(28-11)18(26)25-14-6-2-1-4-12(14)19(22,23)24/h1-9H,10H2,(H,25,26). The molecule has 28 heavy (non-hydrogen) atoms. The first-order valence-corrected chi connectivity index (χ1v) is 8.64. The Morgan fingerprint density at radius 2 is 1.79 bits per heavy atom.